The molecule has 0 saturated heterocycles. The number of rotatable bonds is 8. The molecule has 0 saturated carbocycles. The van der Waals surface area contributed by atoms with Crippen molar-refractivity contribution in [2.75, 3.05) is 33.9 Å². The summed E-state index contributed by atoms with van der Waals surface area (Å²) in [6.45, 7) is 2.80. The van der Waals surface area contributed by atoms with Crippen molar-refractivity contribution in [2.45, 2.75) is 6.92 Å². The van der Waals surface area contributed by atoms with Gasteiger partial charge in [0.2, 0.25) is 5.91 Å². The van der Waals surface area contributed by atoms with Gasteiger partial charge in [-0.25, -0.2) is 0 Å². The zero-order valence-electron chi connectivity index (χ0n) is 13.6. The van der Waals surface area contributed by atoms with Gasteiger partial charge in [-0.3, -0.25) is 9.59 Å². The minimum atomic E-state index is -0.398. The van der Waals surface area contributed by atoms with E-state index in [4.69, 9.17) is 21.1 Å². The van der Waals surface area contributed by atoms with Crippen LogP contribution in [0.2, 0.25) is 5.02 Å². The maximum Gasteiger partial charge on any atom is 0.310 e. The highest BCUT2D eigenvalue weighted by Gasteiger charge is 2.20. The van der Waals surface area contributed by atoms with E-state index in [1.54, 1.807) is 37.1 Å². The molecule has 1 unspecified atom stereocenters. The summed E-state index contributed by atoms with van der Waals surface area (Å²) < 4.78 is 9.72. The van der Waals surface area contributed by atoms with Crippen LogP contribution in [0.5, 0.6) is 0 Å². The molecule has 1 aromatic carbocycles. The van der Waals surface area contributed by atoms with Crippen LogP contribution in [0.3, 0.4) is 0 Å². The number of carbonyl (C=O) groups is 2. The van der Waals surface area contributed by atoms with Gasteiger partial charge in [0.1, 0.15) is 0 Å². The van der Waals surface area contributed by atoms with Crippen LogP contribution in [0.4, 0.5) is 0 Å². The predicted octanol–water partition coefficient (Wildman–Crippen LogP) is 2.64. The third-order valence-corrected chi connectivity index (χ3v) is 3.52. The number of benzene rings is 1. The molecule has 1 rings (SSSR count). The number of hydrogen-bond acceptors (Lipinski definition) is 4. The Morgan fingerprint density at radius 1 is 1.26 bits per heavy atom. The van der Waals surface area contributed by atoms with Crippen molar-refractivity contribution in [1.82, 2.24) is 4.90 Å². The molecular weight excluding hydrogens is 318 g/mol. The Hall–Kier alpha value is -1.85. The maximum absolute atomic E-state index is 12.3. The third kappa shape index (κ3) is 6.84. The van der Waals surface area contributed by atoms with Gasteiger partial charge in [-0.2, -0.15) is 0 Å². The first-order chi connectivity index (χ1) is 11.0. The van der Waals surface area contributed by atoms with Gasteiger partial charge in [0.05, 0.1) is 19.6 Å². The fourth-order valence-electron chi connectivity index (χ4n) is 1.95. The van der Waals surface area contributed by atoms with E-state index in [-0.39, 0.29) is 18.4 Å². The Morgan fingerprint density at radius 2 is 1.91 bits per heavy atom. The minimum absolute atomic E-state index is 0.187. The van der Waals surface area contributed by atoms with Crippen molar-refractivity contribution in [2.24, 2.45) is 5.92 Å². The first kappa shape index (κ1) is 19.2. The van der Waals surface area contributed by atoms with Crippen LogP contribution in [-0.4, -0.2) is 50.7 Å². The average molecular weight is 340 g/mol. The molecule has 0 aromatic heterocycles. The number of esters is 1. The molecule has 5 nitrogen and oxygen atoms in total. The molecule has 0 aliphatic carbocycles. The number of methoxy groups -OCH3 is 2. The molecule has 1 atom stereocenters. The fourth-order valence-corrected chi connectivity index (χ4v) is 2.07. The molecule has 1 amide bonds. The number of ether oxygens (including phenoxy) is 2. The number of hydrogen-bond donors (Lipinski definition) is 0. The monoisotopic (exact) mass is 339 g/mol. The first-order valence-corrected chi connectivity index (χ1v) is 7.65. The molecule has 0 fully saturated rings. The maximum atomic E-state index is 12.3. The lowest BCUT2D eigenvalue weighted by molar-refractivity contribution is -0.146. The molecule has 0 aliphatic heterocycles. The van der Waals surface area contributed by atoms with Crippen molar-refractivity contribution >= 4 is 29.6 Å². The van der Waals surface area contributed by atoms with Crippen LogP contribution in [-0.2, 0) is 19.1 Å². The van der Waals surface area contributed by atoms with Crippen molar-refractivity contribution in [3.05, 3.63) is 40.9 Å². The van der Waals surface area contributed by atoms with Crippen molar-refractivity contribution < 1.29 is 19.1 Å². The largest absolute Gasteiger partial charge is 0.469 e. The Morgan fingerprint density at radius 3 is 2.48 bits per heavy atom. The highest BCUT2D eigenvalue weighted by atomic mass is 35.5. The van der Waals surface area contributed by atoms with Crippen LogP contribution in [0, 0.1) is 5.92 Å². The summed E-state index contributed by atoms with van der Waals surface area (Å²) >= 11 is 5.83. The van der Waals surface area contributed by atoms with E-state index in [1.165, 1.54) is 13.2 Å². The molecule has 126 valence electrons. The van der Waals surface area contributed by atoms with Crippen LogP contribution < -0.4 is 0 Å². The van der Waals surface area contributed by atoms with Crippen LogP contribution >= 0.6 is 11.6 Å². The fraction of sp³-hybridized carbons (Fsp3) is 0.412. The van der Waals surface area contributed by atoms with Gasteiger partial charge in [0, 0.05) is 31.3 Å². The van der Waals surface area contributed by atoms with Crippen LogP contribution in [0.1, 0.15) is 12.5 Å². The highest BCUT2D eigenvalue weighted by molar-refractivity contribution is 6.30. The molecule has 0 aliphatic rings. The smallest absolute Gasteiger partial charge is 0.310 e. The third-order valence-electron chi connectivity index (χ3n) is 3.26. The number of amides is 1. The molecule has 0 spiro atoms. The lowest BCUT2D eigenvalue weighted by Gasteiger charge is -2.23. The number of nitrogens with zero attached hydrogens (tertiary/aromatic N) is 1. The molecule has 23 heavy (non-hydrogen) atoms. The van der Waals surface area contributed by atoms with Gasteiger partial charge in [0.25, 0.3) is 0 Å². The van der Waals surface area contributed by atoms with E-state index < -0.39 is 5.92 Å². The highest BCUT2D eigenvalue weighted by Crippen LogP contribution is 2.11. The average Bonchev–Trinajstić information content (AvgIpc) is 2.56. The summed E-state index contributed by atoms with van der Waals surface area (Å²) in [5, 5.41) is 0.641. The topological polar surface area (TPSA) is 55.8 Å². The Bertz CT molecular complexity index is 542. The van der Waals surface area contributed by atoms with Gasteiger partial charge < -0.3 is 14.4 Å². The van der Waals surface area contributed by atoms with Gasteiger partial charge in [-0.15, -0.1) is 0 Å². The van der Waals surface area contributed by atoms with E-state index >= 15 is 0 Å². The molecule has 0 radical (unpaired) electrons. The predicted molar refractivity (Wildman–Crippen MR) is 90.1 cm³/mol. The lowest BCUT2D eigenvalue weighted by Crippen LogP contribution is -2.38. The SMILES string of the molecule is COCCN(CC(C)C(=O)OC)C(=O)/C=C/c1ccc(Cl)cc1. The summed E-state index contributed by atoms with van der Waals surface area (Å²) in [4.78, 5) is 25.4. The van der Waals surface area contributed by atoms with Crippen molar-refractivity contribution in [1.29, 1.82) is 0 Å². The van der Waals surface area contributed by atoms with Gasteiger partial charge >= 0.3 is 5.97 Å². The second-order valence-corrected chi connectivity index (χ2v) is 5.52. The molecule has 0 N–H and O–H groups in total. The molecule has 6 heteroatoms. The number of halogens is 1. The van der Waals surface area contributed by atoms with Gasteiger partial charge in [-0.1, -0.05) is 30.7 Å². The van der Waals surface area contributed by atoms with E-state index in [9.17, 15) is 9.59 Å². The quantitative estimate of drug-likeness (QED) is 0.539. The van der Waals surface area contributed by atoms with Crippen molar-refractivity contribution in [3.63, 3.8) is 0 Å². The Balaban J connectivity index is 2.74. The lowest BCUT2D eigenvalue weighted by atomic mass is 10.1. The van der Waals surface area contributed by atoms with E-state index in [2.05, 4.69) is 0 Å². The molecule has 0 heterocycles. The van der Waals surface area contributed by atoms with Gasteiger partial charge in [0.15, 0.2) is 0 Å². The second-order valence-electron chi connectivity index (χ2n) is 5.09. The molecule has 0 bridgehead atoms. The van der Waals surface area contributed by atoms with E-state index in [1.807, 2.05) is 12.1 Å². The summed E-state index contributed by atoms with van der Waals surface area (Å²) in [5.74, 6) is -0.931. The van der Waals surface area contributed by atoms with Crippen LogP contribution in [0.15, 0.2) is 30.3 Å². The molecular formula is C17H22ClNO4. The van der Waals surface area contributed by atoms with E-state index in [0.717, 1.165) is 5.56 Å². The summed E-state index contributed by atoms with van der Waals surface area (Å²) in [6.07, 6.45) is 3.18. The first-order valence-electron chi connectivity index (χ1n) is 7.27. The zero-order chi connectivity index (χ0) is 17.2. The minimum Gasteiger partial charge on any atom is -0.469 e. The second kappa shape index (κ2) is 10.0. The van der Waals surface area contributed by atoms with Gasteiger partial charge in [-0.05, 0) is 23.8 Å². The summed E-state index contributed by atoms with van der Waals surface area (Å²) in [6, 6.07) is 7.16. The summed E-state index contributed by atoms with van der Waals surface area (Å²) in [5.41, 5.74) is 0.871. The standard InChI is InChI=1S/C17H22ClNO4/c1-13(17(21)23-3)12-19(10-11-22-2)16(20)9-6-14-4-7-15(18)8-5-14/h4-9,13H,10-12H2,1-3H3/b9-6+. The van der Waals surface area contributed by atoms with E-state index in [0.29, 0.717) is 18.2 Å². The van der Waals surface area contributed by atoms with Crippen LogP contribution in [0.25, 0.3) is 6.08 Å². The summed E-state index contributed by atoms with van der Waals surface area (Å²) in [7, 11) is 2.90. The number of carbonyl (C=O) groups excluding carboxylic acids is 2. The molecule has 1 aromatic rings. The Labute approximate surface area is 141 Å². The zero-order valence-corrected chi connectivity index (χ0v) is 14.4. The normalized spacial score (nSPS) is 12.2. The van der Waals surface area contributed by atoms with Crippen molar-refractivity contribution in [3.8, 4) is 0 Å². The Kier molecular flexibility index (Phi) is 8.37.